The fraction of sp³-hybridized carbons (Fsp3) is 0.588. The Morgan fingerprint density at radius 2 is 2.00 bits per heavy atom. The lowest BCUT2D eigenvalue weighted by atomic mass is 9.80. The summed E-state index contributed by atoms with van der Waals surface area (Å²) >= 11 is 0. The first-order valence-electron chi connectivity index (χ1n) is 8.91. The average Bonchev–Trinajstić information content (AvgIpc) is 2.83. The van der Waals surface area contributed by atoms with E-state index in [1.807, 2.05) is 0 Å². The highest BCUT2D eigenvalue weighted by Crippen LogP contribution is 2.41. The third-order valence-electron chi connectivity index (χ3n) is 5.12. The summed E-state index contributed by atoms with van der Waals surface area (Å²) in [5.74, 6) is -2.34. The van der Waals surface area contributed by atoms with Crippen molar-refractivity contribution in [1.29, 1.82) is 0 Å². The molecule has 3 rings (SSSR count). The van der Waals surface area contributed by atoms with E-state index in [0.717, 1.165) is 0 Å². The predicted molar refractivity (Wildman–Crippen MR) is 92.5 cm³/mol. The van der Waals surface area contributed by atoms with Crippen LogP contribution in [0.1, 0.15) is 43.2 Å². The standard InChI is InChI=1S/C17H20F4N2O4S/c18-15-12-7-10(3-1-2-6-17(19,20)21)4-5-11(12)8-13(24)16(15)23-9-14(25)22-28(23,26)27/h8,10,24H,1-7,9H2,(H,22,25). The molecule has 28 heavy (non-hydrogen) atoms. The van der Waals surface area contributed by atoms with Gasteiger partial charge in [0.15, 0.2) is 5.82 Å². The number of aromatic hydroxyl groups is 1. The number of unbranched alkanes of at least 4 members (excludes halogenated alkanes) is 1. The maximum Gasteiger partial charge on any atom is 0.389 e. The Balaban J connectivity index is 1.78. The van der Waals surface area contributed by atoms with Crippen LogP contribution >= 0.6 is 0 Å². The number of hydrogen-bond acceptors (Lipinski definition) is 4. The van der Waals surface area contributed by atoms with Crippen molar-refractivity contribution in [3.63, 3.8) is 0 Å². The van der Waals surface area contributed by atoms with Crippen LogP contribution in [-0.4, -0.2) is 32.2 Å². The van der Waals surface area contributed by atoms with Gasteiger partial charge < -0.3 is 5.11 Å². The lowest BCUT2D eigenvalue weighted by molar-refractivity contribution is -0.135. The summed E-state index contributed by atoms with van der Waals surface area (Å²) in [6, 6.07) is 1.30. The summed E-state index contributed by atoms with van der Waals surface area (Å²) in [5, 5.41) is 10.2. The van der Waals surface area contributed by atoms with E-state index in [4.69, 9.17) is 0 Å². The van der Waals surface area contributed by atoms with E-state index < -0.39 is 52.5 Å². The van der Waals surface area contributed by atoms with Gasteiger partial charge in [0.2, 0.25) is 0 Å². The number of nitrogens with one attached hydrogen (secondary N) is 1. The molecular formula is C17H20F4N2O4S. The Kier molecular flexibility index (Phi) is 5.48. The number of fused-ring (bicyclic) bond motifs is 1. The summed E-state index contributed by atoms with van der Waals surface area (Å²) in [4.78, 5) is 11.4. The van der Waals surface area contributed by atoms with Crippen molar-refractivity contribution in [3.05, 3.63) is 23.0 Å². The molecule has 2 N–H and O–H groups in total. The zero-order valence-electron chi connectivity index (χ0n) is 14.9. The van der Waals surface area contributed by atoms with Crippen molar-refractivity contribution >= 4 is 21.8 Å². The number of amides is 1. The highest BCUT2D eigenvalue weighted by Gasteiger charge is 2.39. The minimum absolute atomic E-state index is 0.00989. The van der Waals surface area contributed by atoms with Gasteiger partial charge in [0, 0.05) is 6.42 Å². The number of halogens is 4. The maximum atomic E-state index is 15.1. The summed E-state index contributed by atoms with van der Waals surface area (Å²) < 4.78 is 78.0. The molecule has 1 unspecified atom stereocenters. The molecule has 1 aliphatic carbocycles. The normalized spacial score (nSPS) is 21.5. The first-order valence-corrected chi connectivity index (χ1v) is 10.3. The van der Waals surface area contributed by atoms with Gasteiger partial charge in [-0.05, 0) is 48.8 Å². The SMILES string of the molecule is O=C1CN(c2c(O)cc3c(c2F)CC(CCCCC(F)(F)F)CC3)S(=O)(=O)N1. The fourth-order valence-electron chi connectivity index (χ4n) is 3.80. The quantitative estimate of drug-likeness (QED) is 0.562. The van der Waals surface area contributed by atoms with Crippen LogP contribution < -0.4 is 9.03 Å². The molecule has 11 heteroatoms. The van der Waals surface area contributed by atoms with Crippen LogP contribution in [0.2, 0.25) is 0 Å². The number of phenolic OH excluding ortho intramolecular Hbond substituents is 1. The topological polar surface area (TPSA) is 86.7 Å². The van der Waals surface area contributed by atoms with Crippen LogP contribution in [0.15, 0.2) is 6.07 Å². The molecule has 0 aromatic heterocycles. The molecule has 1 saturated heterocycles. The summed E-state index contributed by atoms with van der Waals surface area (Å²) in [6.45, 7) is -0.632. The minimum Gasteiger partial charge on any atom is -0.506 e. The molecular weight excluding hydrogens is 404 g/mol. The van der Waals surface area contributed by atoms with Crippen molar-refractivity contribution in [2.45, 2.75) is 51.1 Å². The number of aryl methyl sites for hydroxylation is 1. The van der Waals surface area contributed by atoms with E-state index in [9.17, 15) is 31.5 Å². The molecule has 1 aromatic rings. The zero-order chi connectivity index (χ0) is 20.7. The van der Waals surface area contributed by atoms with Crippen LogP contribution in [-0.2, 0) is 27.8 Å². The molecule has 1 heterocycles. The molecule has 0 bridgehead atoms. The highest BCUT2D eigenvalue weighted by atomic mass is 32.2. The molecule has 1 atom stereocenters. The van der Waals surface area contributed by atoms with Gasteiger partial charge in [-0.25, -0.2) is 13.4 Å². The number of hydrogen-bond donors (Lipinski definition) is 2. The van der Waals surface area contributed by atoms with Gasteiger partial charge in [0.25, 0.3) is 5.91 Å². The zero-order valence-corrected chi connectivity index (χ0v) is 15.7. The lowest BCUT2D eigenvalue weighted by Gasteiger charge is -2.28. The molecule has 1 aliphatic heterocycles. The predicted octanol–water partition coefficient (Wildman–Crippen LogP) is 2.94. The second-order valence-corrected chi connectivity index (χ2v) is 8.80. The number of alkyl halides is 3. The van der Waals surface area contributed by atoms with Gasteiger partial charge in [-0.1, -0.05) is 12.8 Å². The van der Waals surface area contributed by atoms with Gasteiger partial charge in [0.05, 0.1) is 0 Å². The number of anilines is 1. The number of carbonyl (C=O) groups excluding carboxylic acids is 1. The molecule has 1 fully saturated rings. The molecule has 0 spiro atoms. The van der Waals surface area contributed by atoms with Crippen molar-refractivity contribution in [2.24, 2.45) is 5.92 Å². The summed E-state index contributed by atoms with van der Waals surface area (Å²) in [7, 11) is -4.28. The Bertz CT molecular complexity index is 886. The molecule has 1 aromatic carbocycles. The molecule has 1 amide bonds. The Hall–Kier alpha value is -2.04. The van der Waals surface area contributed by atoms with Crippen molar-refractivity contribution in [3.8, 4) is 5.75 Å². The smallest absolute Gasteiger partial charge is 0.389 e. The van der Waals surface area contributed by atoms with Crippen molar-refractivity contribution in [2.75, 3.05) is 10.8 Å². The van der Waals surface area contributed by atoms with Crippen LogP contribution in [0, 0.1) is 11.7 Å². The van der Waals surface area contributed by atoms with Crippen LogP contribution in [0.4, 0.5) is 23.2 Å². The van der Waals surface area contributed by atoms with E-state index in [1.165, 1.54) is 6.07 Å². The Morgan fingerprint density at radius 1 is 1.29 bits per heavy atom. The second-order valence-electron chi connectivity index (χ2n) is 7.20. The monoisotopic (exact) mass is 424 g/mol. The third-order valence-corrected chi connectivity index (χ3v) is 6.50. The number of phenols is 1. The van der Waals surface area contributed by atoms with Crippen molar-refractivity contribution < 1.29 is 35.9 Å². The van der Waals surface area contributed by atoms with Gasteiger partial charge in [-0.15, -0.1) is 0 Å². The van der Waals surface area contributed by atoms with E-state index in [2.05, 4.69) is 0 Å². The van der Waals surface area contributed by atoms with Crippen molar-refractivity contribution in [1.82, 2.24) is 4.72 Å². The summed E-state index contributed by atoms with van der Waals surface area (Å²) in [5.41, 5.74) is 0.213. The maximum absolute atomic E-state index is 15.1. The lowest BCUT2D eigenvalue weighted by Crippen LogP contribution is -2.31. The van der Waals surface area contributed by atoms with Gasteiger partial charge >= 0.3 is 16.4 Å². The van der Waals surface area contributed by atoms with E-state index in [1.54, 1.807) is 4.72 Å². The largest absolute Gasteiger partial charge is 0.506 e. The molecule has 0 saturated carbocycles. The Morgan fingerprint density at radius 3 is 2.61 bits per heavy atom. The molecule has 6 nitrogen and oxygen atoms in total. The average molecular weight is 424 g/mol. The van der Waals surface area contributed by atoms with Gasteiger partial charge in [0.1, 0.15) is 18.0 Å². The number of nitrogens with zero attached hydrogens (tertiary/aromatic N) is 1. The van der Waals surface area contributed by atoms with E-state index in [-0.39, 0.29) is 24.3 Å². The number of benzene rings is 1. The first kappa shape index (κ1) is 20.7. The highest BCUT2D eigenvalue weighted by molar-refractivity contribution is 7.92. The number of rotatable bonds is 5. The number of carbonyl (C=O) groups is 1. The van der Waals surface area contributed by atoms with Crippen LogP contribution in [0.3, 0.4) is 0 Å². The third kappa shape index (κ3) is 4.34. The summed E-state index contributed by atoms with van der Waals surface area (Å²) in [6.07, 6.45) is -2.82. The second kappa shape index (κ2) is 7.41. The fourth-order valence-corrected chi connectivity index (χ4v) is 4.96. The van der Waals surface area contributed by atoms with E-state index >= 15 is 4.39 Å². The van der Waals surface area contributed by atoms with Crippen LogP contribution in [0.25, 0.3) is 0 Å². The molecule has 2 aliphatic rings. The van der Waals surface area contributed by atoms with E-state index in [0.29, 0.717) is 35.6 Å². The first-order chi connectivity index (χ1) is 13.0. The molecule has 156 valence electrons. The Labute approximate surface area is 159 Å². The van der Waals surface area contributed by atoms with Crippen LogP contribution in [0.5, 0.6) is 5.75 Å². The van der Waals surface area contributed by atoms with Gasteiger partial charge in [-0.2, -0.15) is 21.6 Å². The van der Waals surface area contributed by atoms with Gasteiger partial charge in [-0.3, -0.25) is 4.79 Å². The molecule has 0 radical (unpaired) electrons. The minimum atomic E-state index is -4.28.